The Balaban J connectivity index is 1.99. The maximum absolute atomic E-state index is 5.64. The minimum Gasteiger partial charge on any atom is -0.377 e. The Bertz CT molecular complexity index is 293. The first-order chi connectivity index (χ1) is 9.28. The zero-order valence-corrected chi connectivity index (χ0v) is 12.0. The van der Waals surface area contributed by atoms with Gasteiger partial charge in [0.05, 0.1) is 6.04 Å². The van der Waals surface area contributed by atoms with Crippen molar-refractivity contribution in [1.82, 2.24) is 10.3 Å². The van der Waals surface area contributed by atoms with E-state index < -0.39 is 0 Å². The lowest BCUT2D eigenvalue weighted by atomic mass is 9.96. The van der Waals surface area contributed by atoms with E-state index in [9.17, 15) is 0 Å². The molecular weight excluding hydrogens is 244 g/mol. The normalized spacial score (nSPS) is 29.8. The molecule has 19 heavy (non-hydrogen) atoms. The maximum atomic E-state index is 5.64. The summed E-state index contributed by atoms with van der Waals surface area (Å²) in [5, 5.41) is 0. The Hall–Kier alpha value is -0.850. The van der Waals surface area contributed by atoms with Crippen LogP contribution in [-0.2, 0) is 9.47 Å². The van der Waals surface area contributed by atoms with E-state index in [4.69, 9.17) is 20.3 Å². The average Bonchev–Trinajstić information content (AvgIpc) is 2.89. The number of hydrazine groups is 1. The first-order valence-electron chi connectivity index (χ1n) is 7.13. The van der Waals surface area contributed by atoms with Crippen molar-refractivity contribution in [2.45, 2.75) is 50.4 Å². The highest BCUT2D eigenvalue weighted by molar-refractivity contribution is 5.80. The molecule has 3 N–H and O–H groups in total. The van der Waals surface area contributed by atoms with Crippen molar-refractivity contribution >= 4 is 5.96 Å². The van der Waals surface area contributed by atoms with Crippen LogP contribution in [0.4, 0.5) is 0 Å². The van der Waals surface area contributed by atoms with Crippen molar-refractivity contribution in [3.8, 4) is 0 Å². The van der Waals surface area contributed by atoms with E-state index in [2.05, 4.69) is 10.3 Å². The lowest BCUT2D eigenvalue weighted by Crippen LogP contribution is -2.45. The second-order valence-corrected chi connectivity index (χ2v) is 5.34. The van der Waals surface area contributed by atoms with Crippen LogP contribution in [-0.4, -0.2) is 56.4 Å². The van der Waals surface area contributed by atoms with Gasteiger partial charge in [0.1, 0.15) is 12.2 Å². The van der Waals surface area contributed by atoms with Gasteiger partial charge in [-0.15, -0.1) is 0 Å². The van der Waals surface area contributed by atoms with Crippen LogP contribution in [0.5, 0.6) is 0 Å². The molecule has 0 bridgehead atoms. The van der Waals surface area contributed by atoms with Crippen LogP contribution in [0.15, 0.2) is 4.99 Å². The number of rotatable bonds is 3. The third-order valence-electron chi connectivity index (χ3n) is 4.13. The summed E-state index contributed by atoms with van der Waals surface area (Å²) in [5.41, 5.74) is 2.75. The number of likely N-dealkylation sites (tertiary alicyclic amines) is 1. The molecule has 1 aliphatic carbocycles. The average molecular weight is 270 g/mol. The number of guanidine groups is 1. The molecule has 6 heteroatoms. The largest absolute Gasteiger partial charge is 0.377 e. The molecule has 110 valence electrons. The van der Waals surface area contributed by atoms with Gasteiger partial charge in [-0.2, -0.15) is 0 Å². The number of nitrogens with zero attached hydrogens (tertiary/aromatic N) is 2. The van der Waals surface area contributed by atoms with Crippen molar-refractivity contribution in [2.75, 3.05) is 27.3 Å². The fraction of sp³-hybridized carbons (Fsp3) is 0.923. The summed E-state index contributed by atoms with van der Waals surface area (Å²) < 4.78 is 10.9. The number of nitrogens with two attached hydrogens (primary N) is 1. The summed E-state index contributed by atoms with van der Waals surface area (Å²) in [6.07, 6.45) is 6.37. The van der Waals surface area contributed by atoms with Crippen molar-refractivity contribution in [1.29, 1.82) is 0 Å². The Morgan fingerprint density at radius 2 is 1.68 bits per heavy atom. The fourth-order valence-corrected chi connectivity index (χ4v) is 2.96. The molecule has 2 aliphatic rings. The van der Waals surface area contributed by atoms with Crippen LogP contribution in [0.3, 0.4) is 0 Å². The summed E-state index contributed by atoms with van der Waals surface area (Å²) in [5.74, 6) is 6.41. The van der Waals surface area contributed by atoms with Crippen molar-refractivity contribution in [2.24, 2.45) is 10.8 Å². The number of aliphatic imine (C=N–C) groups is 1. The Kier molecular flexibility index (Phi) is 5.42. The molecule has 1 heterocycles. The number of ether oxygens (including phenoxy) is 2. The van der Waals surface area contributed by atoms with Gasteiger partial charge >= 0.3 is 0 Å². The van der Waals surface area contributed by atoms with E-state index in [1.165, 1.54) is 32.1 Å². The summed E-state index contributed by atoms with van der Waals surface area (Å²) in [6, 6.07) is 0.405. The molecule has 0 aromatic rings. The van der Waals surface area contributed by atoms with Crippen LogP contribution >= 0.6 is 0 Å². The van der Waals surface area contributed by atoms with Crippen molar-refractivity contribution in [3.05, 3.63) is 0 Å². The first-order valence-corrected chi connectivity index (χ1v) is 7.13. The summed E-state index contributed by atoms with van der Waals surface area (Å²) >= 11 is 0. The predicted octanol–water partition coefficient (Wildman–Crippen LogP) is 0.484. The molecule has 0 spiro atoms. The quantitative estimate of drug-likeness (QED) is 0.338. The Morgan fingerprint density at radius 1 is 1.11 bits per heavy atom. The maximum Gasteiger partial charge on any atom is 0.208 e. The van der Waals surface area contributed by atoms with Crippen LogP contribution in [0.1, 0.15) is 32.1 Å². The third kappa shape index (κ3) is 3.58. The van der Waals surface area contributed by atoms with E-state index in [0.29, 0.717) is 6.04 Å². The van der Waals surface area contributed by atoms with E-state index >= 15 is 0 Å². The number of hydrogen-bond donors (Lipinski definition) is 2. The Morgan fingerprint density at radius 3 is 2.16 bits per heavy atom. The van der Waals surface area contributed by atoms with Gasteiger partial charge in [-0.3, -0.25) is 5.43 Å². The Labute approximate surface area is 115 Å². The minimum atomic E-state index is 0.0786. The van der Waals surface area contributed by atoms with Crippen molar-refractivity contribution in [3.63, 3.8) is 0 Å². The molecule has 2 fully saturated rings. The molecule has 6 nitrogen and oxygen atoms in total. The SMILES string of the molecule is COC1CN(C(=NC2CCCCC2)NN)CC1OC. The van der Waals surface area contributed by atoms with E-state index in [-0.39, 0.29) is 12.2 Å². The monoisotopic (exact) mass is 270 g/mol. The lowest BCUT2D eigenvalue weighted by molar-refractivity contribution is -0.00461. The summed E-state index contributed by atoms with van der Waals surface area (Å²) in [7, 11) is 3.43. The van der Waals surface area contributed by atoms with E-state index in [0.717, 1.165) is 19.0 Å². The first kappa shape index (κ1) is 14.6. The van der Waals surface area contributed by atoms with Gasteiger partial charge in [0, 0.05) is 27.3 Å². The smallest absolute Gasteiger partial charge is 0.208 e. The van der Waals surface area contributed by atoms with Gasteiger partial charge in [-0.25, -0.2) is 10.8 Å². The molecule has 0 radical (unpaired) electrons. The molecule has 1 saturated carbocycles. The molecule has 2 unspecified atom stereocenters. The molecule has 1 saturated heterocycles. The fourth-order valence-electron chi connectivity index (χ4n) is 2.96. The van der Waals surface area contributed by atoms with Crippen LogP contribution in [0.25, 0.3) is 0 Å². The number of nitrogens with one attached hydrogen (secondary N) is 1. The molecule has 0 aromatic heterocycles. The lowest BCUT2D eigenvalue weighted by Gasteiger charge is -2.24. The highest BCUT2D eigenvalue weighted by Crippen LogP contribution is 2.21. The summed E-state index contributed by atoms with van der Waals surface area (Å²) in [6.45, 7) is 1.54. The van der Waals surface area contributed by atoms with Gasteiger partial charge in [-0.05, 0) is 12.8 Å². The molecule has 2 atom stereocenters. The van der Waals surface area contributed by atoms with Crippen molar-refractivity contribution < 1.29 is 9.47 Å². The van der Waals surface area contributed by atoms with E-state index in [1.54, 1.807) is 14.2 Å². The minimum absolute atomic E-state index is 0.0786. The highest BCUT2D eigenvalue weighted by Gasteiger charge is 2.34. The second-order valence-electron chi connectivity index (χ2n) is 5.34. The highest BCUT2D eigenvalue weighted by atomic mass is 16.5. The zero-order chi connectivity index (χ0) is 13.7. The second kappa shape index (κ2) is 7.07. The molecule has 1 aliphatic heterocycles. The molecular formula is C13H26N4O2. The van der Waals surface area contributed by atoms with Crippen LogP contribution in [0, 0.1) is 0 Å². The number of hydrogen-bond acceptors (Lipinski definition) is 4. The van der Waals surface area contributed by atoms with Gasteiger partial charge < -0.3 is 14.4 Å². The van der Waals surface area contributed by atoms with Gasteiger partial charge in [0.2, 0.25) is 5.96 Å². The van der Waals surface area contributed by atoms with Gasteiger partial charge in [0.25, 0.3) is 0 Å². The zero-order valence-electron chi connectivity index (χ0n) is 12.0. The van der Waals surface area contributed by atoms with E-state index in [1.807, 2.05) is 0 Å². The number of methoxy groups -OCH3 is 2. The van der Waals surface area contributed by atoms with Crippen LogP contribution < -0.4 is 11.3 Å². The van der Waals surface area contributed by atoms with Gasteiger partial charge in [-0.1, -0.05) is 19.3 Å². The molecule has 2 rings (SSSR count). The summed E-state index contributed by atoms with van der Waals surface area (Å²) in [4.78, 5) is 6.89. The predicted molar refractivity (Wildman–Crippen MR) is 74.8 cm³/mol. The van der Waals surface area contributed by atoms with Gasteiger partial charge in [0.15, 0.2) is 0 Å². The molecule has 0 aromatic carbocycles. The van der Waals surface area contributed by atoms with Crippen LogP contribution in [0.2, 0.25) is 0 Å². The third-order valence-corrected chi connectivity index (χ3v) is 4.13. The topological polar surface area (TPSA) is 72.1 Å². The standard InChI is InChI=1S/C13H26N4O2/c1-18-11-8-17(9-12(11)19-2)13(16-14)15-10-6-4-3-5-7-10/h10-12H,3-9,14H2,1-2H3,(H,15,16). The molecule has 0 amide bonds.